The van der Waals surface area contributed by atoms with Crippen LogP contribution in [0.5, 0.6) is 0 Å². The lowest BCUT2D eigenvalue weighted by molar-refractivity contribution is 0.639. The topological polar surface area (TPSA) is 68.0 Å². The van der Waals surface area contributed by atoms with Crippen molar-refractivity contribution in [3.05, 3.63) is 12.4 Å². The number of anilines is 1. The normalized spacial score (nSPS) is 12.9. The summed E-state index contributed by atoms with van der Waals surface area (Å²) in [7, 11) is 0. The standard InChI is InChI=1S/C10H16N6/c1-3-4-5-8(2)12-9-6-11-7-10-13-14-15-16(9)10/h6-8,12H,3-5H2,1-2H3. The van der Waals surface area contributed by atoms with Crippen LogP contribution in [0.4, 0.5) is 5.82 Å². The Kier molecular flexibility index (Phi) is 3.28. The van der Waals surface area contributed by atoms with Crippen molar-refractivity contribution < 1.29 is 0 Å². The molecule has 0 aliphatic heterocycles. The number of hydrogen-bond acceptors (Lipinski definition) is 5. The van der Waals surface area contributed by atoms with Gasteiger partial charge >= 0.3 is 0 Å². The van der Waals surface area contributed by atoms with Crippen molar-refractivity contribution in [2.75, 3.05) is 5.32 Å². The molecule has 2 heterocycles. The van der Waals surface area contributed by atoms with Gasteiger partial charge in [-0.1, -0.05) is 19.8 Å². The van der Waals surface area contributed by atoms with Gasteiger partial charge in [-0.15, -0.1) is 5.10 Å². The molecule has 1 atom stereocenters. The average Bonchev–Trinajstić information content (AvgIpc) is 2.75. The largest absolute Gasteiger partial charge is 0.366 e. The third-order valence-electron chi connectivity index (χ3n) is 2.49. The lowest BCUT2D eigenvalue weighted by Gasteiger charge is -2.14. The first-order valence-corrected chi connectivity index (χ1v) is 5.60. The van der Waals surface area contributed by atoms with Crippen LogP contribution in [0.25, 0.3) is 5.65 Å². The third kappa shape index (κ3) is 2.26. The van der Waals surface area contributed by atoms with E-state index in [2.05, 4.69) is 39.7 Å². The SMILES string of the molecule is CCCCC(C)Nc1cncc2nnnn12. The van der Waals surface area contributed by atoms with Crippen LogP contribution in [0.15, 0.2) is 12.4 Å². The smallest absolute Gasteiger partial charge is 0.199 e. The van der Waals surface area contributed by atoms with Gasteiger partial charge in [0, 0.05) is 6.04 Å². The van der Waals surface area contributed by atoms with Crippen molar-refractivity contribution in [2.24, 2.45) is 0 Å². The van der Waals surface area contributed by atoms with E-state index in [1.54, 1.807) is 16.9 Å². The molecular weight excluding hydrogens is 204 g/mol. The Morgan fingerprint density at radius 1 is 1.44 bits per heavy atom. The second-order valence-corrected chi connectivity index (χ2v) is 3.93. The number of hydrogen-bond donors (Lipinski definition) is 1. The molecule has 1 N–H and O–H groups in total. The van der Waals surface area contributed by atoms with E-state index in [4.69, 9.17) is 0 Å². The minimum Gasteiger partial charge on any atom is -0.366 e. The lowest BCUT2D eigenvalue weighted by atomic mass is 10.1. The van der Waals surface area contributed by atoms with Gasteiger partial charge in [-0.2, -0.15) is 4.52 Å². The van der Waals surface area contributed by atoms with Crippen LogP contribution in [0.1, 0.15) is 33.1 Å². The lowest BCUT2D eigenvalue weighted by Crippen LogP contribution is -2.17. The average molecular weight is 220 g/mol. The predicted octanol–water partition coefficient (Wildman–Crippen LogP) is 1.51. The first-order valence-electron chi connectivity index (χ1n) is 5.60. The summed E-state index contributed by atoms with van der Waals surface area (Å²) in [5, 5.41) is 14.7. The van der Waals surface area contributed by atoms with E-state index in [1.807, 2.05) is 0 Å². The molecule has 0 spiro atoms. The van der Waals surface area contributed by atoms with Gasteiger partial charge in [0.2, 0.25) is 0 Å². The molecule has 0 aliphatic rings. The predicted molar refractivity (Wildman–Crippen MR) is 61.2 cm³/mol. The molecule has 0 aliphatic carbocycles. The van der Waals surface area contributed by atoms with Gasteiger partial charge in [-0.25, -0.2) is 0 Å². The Hall–Kier alpha value is -1.72. The number of unbranched alkanes of at least 4 members (excludes halogenated alkanes) is 1. The third-order valence-corrected chi connectivity index (χ3v) is 2.49. The van der Waals surface area contributed by atoms with Crippen molar-refractivity contribution >= 4 is 11.5 Å². The number of rotatable bonds is 5. The maximum Gasteiger partial charge on any atom is 0.199 e. The molecule has 0 amide bonds. The van der Waals surface area contributed by atoms with Crippen LogP contribution < -0.4 is 5.32 Å². The van der Waals surface area contributed by atoms with Crippen molar-refractivity contribution in [1.29, 1.82) is 0 Å². The van der Waals surface area contributed by atoms with Crippen molar-refractivity contribution in [3.63, 3.8) is 0 Å². The summed E-state index contributed by atoms with van der Waals surface area (Å²) < 4.78 is 1.66. The highest BCUT2D eigenvalue weighted by Crippen LogP contribution is 2.10. The highest BCUT2D eigenvalue weighted by molar-refractivity contribution is 5.44. The van der Waals surface area contributed by atoms with Crippen LogP contribution >= 0.6 is 0 Å². The monoisotopic (exact) mass is 220 g/mol. The Bertz CT molecular complexity index is 451. The maximum absolute atomic E-state index is 4.09. The van der Waals surface area contributed by atoms with Gasteiger partial charge < -0.3 is 5.32 Å². The first-order chi connectivity index (χ1) is 7.81. The summed E-state index contributed by atoms with van der Waals surface area (Å²) in [6, 6.07) is 0.400. The van der Waals surface area contributed by atoms with E-state index in [9.17, 15) is 0 Å². The van der Waals surface area contributed by atoms with Crippen molar-refractivity contribution in [1.82, 2.24) is 25.0 Å². The van der Waals surface area contributed by atoms with Crippen LogP contribution in [0.3, 0.4) is 0 Å². The maximum atomic E-state index is 4.09. The minimum absolute atomic E-state index is 0.400. The molecule has 2 aromatic rings. The number of aromatic nitrogens is 5. The first kappa shape index (κ1) is 10.8. The van der Waals surface area contributed by atoms with Crippen LogP contribution in [-0.2, 0) is 0 Å². The van der Waals surface area contributed by atoms with E-state index in [-0.39, 0.29) is 0 Å². The summed E-state index contributed by atoms with van der Waals surface area (Å²) >= 11 is 0. The number of tetrazole rings is 1. The second-order valence-electron chi connectivity index (χ2n) is 3.93. The summed E-state index contributed by atoms with van der Waals surface area (Å²) in [6.45, 7) is 4.34. The molecule has 0 aromatic carbocycles. The quantitative estimate of drug-likeness (QED) is 0.827. The summed E-state index contributed by atoms with van der Waals surface area (Å²) in [6.07, 6.45) is 6.94. The van der Waals surface area contributed by atoms with Gasteiger partial charge in [0.25, 0.3) is 0 Å². The Morgan fingerprint density at radius 2 is 2.31 bits per heavy atom. The Labute approximate surface area is 94.1 Å². The molecule has 0 radical (unpaired) electrons. The van der Waals surface area contributed by atoms with Crippen molar-refractivity contribution in [2.45, 2.75) is 39.2 Å². The fraction of sp³-hybridized carbons (Fsp3) is 0.600. The van der Waals surface area contributed by atoms with Gasteiger partial charge in [0.15, 0.2) is 11.5 Å². The molecule has 6 nitrogen and oxygen atoms in total. The summed E-state index contributed by atoms with van der Waals surface area (Å²) in [5.74, 6) is 0.839. The molecule has 1 unspecified atom stereocenters. The zero-order chi connectivity index (χ0) is 11.4. The van der Waals surface area contributed by atoms with Gasteiger partial charge in [-0.3, -0.25) is 4.98 Å². The molecule has 2 aromatic heterocycles. The van der Waals surface area contributed by atoms with Crippen LogP contribution in [0, 0.1) is 0 Å². The highest BCUT2D eigenvalue weighted by Gasteiger charge is 2.06. The minimum atomic E-state index is 0.400. The molecule has 2 rings (SSSR count). The second kappa shape index (κ2) is 4.87. The van der Waals surface area contributed by atoms with E-state index >= 15 is 0 Å². The van der Waals surface area contributed by atoms with Crippen LogP contribution in [-0.4, -0.2) is 31.1 Å². The molecule has 0 bridgehead atoms. The highest BCUT2D eigenvalue weighted by atomic mass is 15.5. The van der Waals surface area contributed by atoms with E-state index in [0.717, 1.165) is 12.2 Å². The zero-order valence-corrected chi connectivity index (χ0v) is 9.59. The van der Waals surface area contributed by atoms with Crippen LogP contribution in [0.2, 0.25) is 0 Å². The summed E-state index contributed by atoms with van der Waals surface area (Å²) in [4.78, 5) is 4.09. The number of fused-ring (bicyclic) bond motifs is 1. The molecule has 6 heteroatoms. The van der Waals surface area contributed by atoms with E-state index in [1.165, 1.54) is 12.8 Å². The fourth-order valence-electron chi connectivity index (χ4n) is 1.61. The van der Waals surface area contributed by atoms with Crippen molar-refractivity contribution in [3.8, 4) is 0 Å². The molecule has 0 fully saturated rings. The molecule has 0 saturated carbocycles. The van der Waals surface area contributed by atoms with Gasteiger partial charge in [0.05, 0.1) is 12.4 Å². The molecule has 16 heavy (non-hydrogen) atoms. The van der Waals surface area contributed by atoms with Gasteiger partial charge in [0.1, 0.15) is 0 Å². The Morgan fingerprint density at radius 3 is 3.12 bits per heavy atom. The fourth-order valence-corrected chi connectivity index (χ4v) is 1.61. The number of nitrogens with zero attached hydrogens (tertiary/aromatic N) is 5. The van der Waals surface area contributed by atoms with E-state index < -0.39 is 0 Å². The summed E-state index contributed by atoms with van der Waals surface area (Å²) in [5.41, 5.74) is 0.660. The molecular formula is C10H16N6. The van der Waals surface area contributed by atoms with Gasteiger partial charge in [-0.05, 0) is 23.8 Å². The zero-order valence-electron chi connectivity index (χ0n) is 9.59. The Balaban J connectivity index is 2.11. The molecule has 86 valence electrons. The van der Waals surface area contributed by atoms with E-state index in [0.29, 0.717) is 11.7 Å². The number of nitrogens with one attached hydrogen (secondary N) is 1. The molecule has 0 saturated heterocycles.